The molecule has 0 bridgehead atoms. The van der Waals surface area contributed by atoms with E-state index in [0.29, 0.717) is 22.0 Å². The molecule has 150 valence electrons. The van der Waals surface area contributed by atoms with Gasteiger partial charge in [-0.25, -0.2) is 14.2 Å². The number of fused-ring (bicyclic) bond motifs is 1. The van der Waals surface area contributed by atoms with Gasteiger partial charge in [0.1, 0.15) is 11.6 Å². The van der Waals surface area contributed by atoms with Gasteiger partial charge in [-0.15, -0.1) is 0 Å². The monoisotopic (exact) mass is 422 g/mol. The predicted octanol–water partition coefficient (Wildman–Crippen LogP) is 5.04. The lowest BCUT2D eigenvalue weighted by atomic mass is 10.2. The summed E-state index contributed by atoms with van der Waals surface area (Å²) < 4.78 is 14.4. The van der Waals surface area contributed by atoms with Crippen LogP contribution in [0.15, 0.2) is 66.7 Å². The number of benzene rings is 3. The van der Waals surface area contributed by atoms with E-state index in [-0.39, 0.29) is 11.3 Å². The Morgan fingerprint density at radius 2 is 1.60 bits per heavy atom. The first-order valence-electron chi connectivity index (χ1n) is 8.81. The second kappa shape index (κ2) is 8.18. The molecule has 0 radical (unpaired) electrons. The number of phenolic OH excluding ortho intramolecular Hbond substituents is 1. The highest BCUT2D eigenvalue weighted by atomic mass is 32.1. The number of hydrogen-bond acceptors (Lipinski definition) is 5. The number of thiazole rings is 1. The van der Waals surface area contributed by atoms with Gasteiger partial charge in [0.25, 0.3) is 5.91 Å². The summed E-state index contributed by atoms with van der Waals surface area (Å²) in [7, 11) is 0. The molecule has 0 aliphatic carbocycles. The number of aromatic nitrogens is 1. The quantitative estimate of drug-likeness (QED) is 0.370. The van der Waals surface area contributed by atoms with E-state index in [1.165, 1.54) is 35.6 Å². The second-order valence-electron chi connectivity index (χ2n) is 6.26. The Hall–Kier alpha value is -3.98. The van der Waals surface area contributed by atoms with Gasteiger partial charge in [-0.05, 0) is 54.6 Å². The molecule has 3 aromatic carbocycles. The van der Waals surface area contributed by atoms with E-state index >= 15 is 0 Å². The molecule has 4 rings (SSSR count). The fraction of sp³-hybridized carbons (Fsp3) is 0. The van der Waals surface area contributed by atoms with Crippen molar-refractivity contribution in [1.29, 1.82) is 0 Å². The van der Waals surface area contributed by atoms with Crippen molar-refractivity contribution in [1.82, 2.24) is 4.98 Å². The van der Waals surface area contributed by atoms with Crippen LogP contribution in [0.5, 0.6) is 5.75 Å². The highest BCUT2D eigenvalue weighted by Crippen LogP contribution is 2.28. The molecule has 0 saturated heterocycles. The first kappa shape index (κ1) is 19.3. The number of amides is 3. The Kier molecular flexibility index (Phi) is 5.27. The van der Waals surface area contributed by atoms with Crippen LogP contribution in [0.3, 0.4) is 0 Å². The zero-order valence-electron chi connectivity index (χ0n) is 15.3. The number of hydrogen-bond donors (Lipinski definition) is 4. The summed E-state index contributed by atoms with van der Waals surface area (Å²) in [5.74, 6) is -1.03. The number of anilines is 3. The maximum atomic E-state index is 13.7. The van der Waals surface area contributed by atoms with Crippen LogP contribution in [0.4, 0.5) is 25.7 Å². The molecule has 0 atom stereocenters. The number of halogens is 1. The van der Waals surface area contributed by atoms with Crippen LogP contribution in [0.2, 0.25) is 0 Å². The second-order valence-corrected chi connectivity index (χ2v) is 7.29. The number of urea groups is 1. The number of nitrogens with one attached hydrogen (secondary N) is 3. The molecule has 0 unspecified atom stereocenters. The van der Waals surface area contributed by atoms with Crippen molar-refractivity contribution in [3.05, 3.63) is 78.1 Å². The van der Waals surface area contributed by atoms with Crippen LogP contribution in [0, 0.1) is 5.82 Å². The van der Waals surface area contributed by atoms with Gasteiger partial charge in [0.2, 0.25) is 0 Å². The smallest absolute Gasteiger partial charge is 0.325 e. The van der Waals surface area contributed by atoms with Gasteiger partial charge in [0.05, 0.1) is 15.8 Å². The third-order valence-electron chi connectivity index (χ3n) is 4.11. The molecule has 4 aromatic rings. The van der Waals surface area contributed by atoms with Gasteiger partial charge < -0.3 is 15.7 Å². The fourth-order valence-electron chi connectivity index (χ4n) is 2.71. The summed E-state index contributed by atoms with van der Waals surface area (Å²) in [6, 6.07) is 16.4. The predicted molar refractivity (Wildman–Crippen MR) is 115 cm³/mol. The van der Waals surface area contributed by atoms with Gasteiger partial charge in [-0.2, -0.15) is 0 Å². The first-order chi connectivity index (χ1) is 14.5. The van der Waals surface area contributed by atoms with E-state index in [1.54, 1.807) is 42.5 Å². The van der Waals surface area contributed by atoms with Crippen LogP contribution in [-0.2, 0) is 0 Å². The third-order valence-corrected chi connectivity index (χ3v) is 5.05. The minimum absolute atomic E-state index is 0.0526. The van der Waals surface area contributed by atoms with Gasteiger partial charge >= 0.3 is 6.03 Å². The number of rotatable bonds is 4. The Morgan fingerprint density at radius 3 is 2.33 bits per heavy atom. The molecular formula is C21H15FN4O3S. The minimum Gasteiger partial charge on any atom is -0.508 e. The van der Waals surface area contributed by atoms with Crippen molar-refractivity contribution in [2.75, 3.05) is 16.0 Å². The number of phenols is 1. The van der Waals surface area contributed by atoms with Crippen LogP contribution in [0.25, 0.3) is 10.2 Å². The molecule has 30 heavy (non-hydrogen) atoms. The minimum atomic E-state index is -0.602. The summed E-state index contributed by atoms with van der Waals surface area (Å²) >= 11 is 1.24. The Balaban J connectivity index is 1.37. The summed E-state index contributed by atoms with van der Waals surface area (Å²) in [5.41, 5.74) is 1.57. The average Bonchev–Trinajstić information content (AvgIpc) is 3.10. The van der Waals surface area contributed by atoms with Crippen LogP contribution in [0.1, 0.15) is 10.4 Å². The zero-order chi connectivity index (χ0) is 21.1. The van der Waals surface area contributed by atoms with Crippen LogP contribution >= 0.6 is 11.3 Å². The highest BCUT2D eigenvalue weighted by molar-refractivity contribution is 7.22. The summed E-state index contributed by atoms with van der Waals surface area (Å²) in [6.45, 7) is 0. The van der Waals surface area contributed by atoms with E-state index in [1.807, 2.05) is 0 Å². The van der Waals surface area contributed by atoms with Crippen molar-refractivity contribution in [3.63, 3.8) is 0 Å². The van der Waals surface area contributed by atoms with Gasteiger partial charge in [0, 0.05) is 11.4 Å². The molecule has 0 aliphatic rings. The van der Waals surface area contributed by atoms with E-state index < -0.39 is 17.8 Å². The maximum absolute atomic E-state index is 13.7. The molecule has 1 heterocycles. The lowest BCUT2D eigenvalue weighted by Gasteiger charge is -2.08. The van der Waals surface area contributed by atoms with E-state index in [4.69, 9.17) is 0 Å². The van der Waals surface area contributed by atoms with Crippen molar-refractivity contribution in [2.24, 2.45) is 0 Å². The Bertz CT molecular complexity index is 1240. The first-order valence-corrected chi connectivity index (χ1v) is 9.63. The van der Waals surface area contributed by atoms with Crippen molar-refractivity contribution in [3.8, 4) is 5.75 Å². The Labute approximate surface area is 174 Å². The molecule has 0 saturated carbocycles. The average molecular weight is 422 g/mol. The lowest BCUT2D eigenvalue weighted by molar-refractivity contribution is 0.102. The molecular weight excluding hydrogens is 407 g/mol. The number of aromatic hydroxyl groups is 1. The lowest BCUT2D eigenvalue weighted by Crippen LogP contribution is -2.19. The normalized spacial score (nSPS) is 10.6. The number of nitrogens with zero attached hydrogens (tertiary/aromatic N) is 1. The third kappa shape index (κ3) is 4.36. The number of carbonyl (C=O) groups excluding carboxylic acids is 2. The van der Waals surface area contributed by atoms with Crippen molar-refractivity contribution >= 4 is 50.0 Å². The van der Waals surface area contributed by atoms with E-state index in [0.717, 1.165) is 4.70 Å². The van der Waals surface area contributed by atoms with E-state index in [2.05, 4.69) is 20.9 Å². The standard InChI is InChI=1S/C21H15FN4O3S/c22-16-4-2-1-3-15(16)19(28)23-12-5-7-13(8-6-12)24-20(29)26-21-25-17-10-9-14(27)11-18(17)30-21/h1-11,27H,(H,23,28)(H2,24,25,26,29). The molecule has 9 heteroatoms. The molecule has 4 N–H and O–H groups in total. The summed E-state index contributed by atoms with van der Waals surface area (Å²) in [6.07, 6.45) is 0. The highest BCUT2D eigenvalue weighted by Gasteiger charge is 2.12. The molecule has 0 fully saturated rings. The SMILES string of the molecule is O=C(Nc1ccc(NC(=O)c2ccccc2F)cc1)Nc1nc2ccc(O)cc2s1. The Morgan fingerprint density at radius 1 is 0.900 bits per heavy atom. The van der Waals surface area contributed by atoms with Gasteiger partial charge in [-0.3, -0.25) is 10.1 Å². The fourth-order valence-corrected chi connectivity index (χ4v) is 3.60. The van der Waals surface area contributed by atoms with Gasteiger partial charge in [-0.1, -0.05) is 23.5 Å². The molecule has 0 aliphatic heterocycles. The molecule has 7 nitrogen and oxygen atoms in total. The van der Waals surface area contributed by atoms with Gasteiger partial charge in [0.15, 0.2) is 5.13 Å². The van der Waals surface area contributed by atoms with Crippen molar-refractivity contribution in [2.45, 2.75) is 0 Å². The molecule has 3 amide bonds. The summed E-state index contributed by atoms with van der Waals surface area (Å²) in [4.78, 5) is 28.6. The topological polar surface area (TPSA) is 103 Å². The molecule has 1 aromatic heterocycles. The molecule has 0 spiro atoms. The zero-order valence-corrected chi connectivity index (χ0v) is 16.2. The van der Waals surface area contributed by atoms with Crippen molar-refractivity contribution < 1.29 is 19.1 Å². The van der Waals surface area contributed by atoms with Crippen LogP contribution in [-0.4, -0.2) is 22.0 Å². The van der Waals surface area contributed by atoms with E-state index in [9.17, 15) is 19.1 Å². The van der Waals surface area contributed by atoms with Crippen LogP contribution < -0.4 is 16.0 Å². The largest absolute Gasteiger partial charge is 0.508 e. The maximum Gasteiger partial charge on any atom is 0.325 e. The summed E-state index contributed by atoms with van der Waals surface area (Å²) in [5, 5.41) is 17.8. The number of carbonyl (C=O) groups is 2.